The highest BCUT2D eigenvalue weighted by Gasteiger charge is 2.36. The van der Waals surface area contributed by atoms with Crippen LogP contribution in [0, 0.1) is 5.41 Å². The van der Waals surface area contributed by atoms with E-state index in [4.69, 9.17) is 14.6 Å². The Kier molecular flexibility index (Phi) is 4.96. The van der Waals surface area contributed by atoms with Crippen molar-refractivity contribution in [3.05, 3.63) is 23.8 Å². The minimum Gasteiger partial charge on any atom is -0.493 e. The maximum Gasteiger partial charge on any atom is 0.310 e. The Hall–Kier alpha value is -2.24. The highest BCUT2D eigenvalue weighted by Crippen LogP contribution is 2.32. The van der Waals surface area contributed by atoms with E-state index in [9.17, 15) is 14.7 Å². The lowest BCUT2D eigenvalue weighted by Crippen LogP contribution is -2.32. The molecule has 0 unspecified atom stereocenters. The summed E-state index contributed by atoms with van der Waals surface area (Å²) >= 11 is 0. The van der Waals surface area contributed by atoms with Crippen LogP contribution in [0.15, 0.2) is 18.2 Å². The summed E-state index contributed by atoms with van der Waals surface area (Å²) in [6.45, 7) is 1.42. The molecule has 1 aromatic rings. The number of aliphatic carboxylic acids is 2. The summed E-state index contributed by atoms with van der Waals surface area (Å²) in [6, 6.07) is 5.02. The van der Waals surface area contributed by atoms with Crippen LogP contribution in [0.5, 0.6) is 11.5 Å². The molecule has 1 rings (SSSR count). The molecule has 6 nitrogen and oxygen atoms in total. The van der Waals surface area contributed by atoms with E-state index in [1.54, 1.807) is 18.2 Å². The molecule has 110 valence electrons. The number of hydrogen-bond acceptors (Lipinski definition) is 4. The topological polar surface area (TPSA) is 93.1 Å². The average Bonchev–Trinajstić information content (AvgIpc) is 2.37. The SMILES string of the molecule is COc1ccc(C[C@@](C)(CC(=O)O)C(=O)O)cc1OC. The number of hydrogen-bond donors (Lipinski definition) is 2. The largest absolute Gasteiger partial charge is 0.493 e. The van der Waals surface area contributed by atoms with Crippen molar-refractivity contribution in [1.82, 2.24) is 0 Å². The summed E-state index contributed by atoms with van der Waals surface area (Å²) < 4.78 is 10.2. The van der Waals surface area contributed by atoms with Crippen LogP contribution in [0.4, 0.5) is 0 Å². The molecule has 0 aliphatic rings. The molecule has 1 atom stereocenters. The van der Waals surface area contributed by atoms with Crippen molar-refractivity contribution in [3.8, 4) is 11.5 Å². The van der Waals surface area contributed by atoms with E-state index < -0.39 is 23.8 Å². The second-order valence-corrected chi connectivity index (χ2v) is 4.80. The van der Waals surface area contributed by atoms with Gasteiger partial charge in [-0.2, -0.15) is 0 Å². The third-order valence-corrected chi connectivity index (χ3v) is 3.10. The monoisotopic (exact) mass is 282 g/mol. The van der Waals surface area contributed by atoms with Gasteiger partial charge in [0.1, 0.15) is 0 Å². The van der Waals surface area contributed by atoms with Gasteiger partial charge in [-0.1, -0.05) is 6.07 Å². The third-order valence-electron chi connectivity index (χ3n) is 3.10. The van der Waals surface area contributed by atoms with E-state index >= 15 is 0 Å². The van der Waals surface area contributed by atoms with Gasteiger partial charge in [0.15, 0.2) is 11.5 Å². The van der Waals surface area contributed by atoms with Crippen molar-refractivity contribution < 1.29 is 29.3 Å². The van der Waals surface area contributed by atoms with Gasteiger partial charge < -0.3 is 19.7 Å². The van der Waals surface area contributed by atoms with Gasteiger partial charge in [-0.15, -0.1) is 0 Å². The smallest absolute Gasteiger partial charge is 0.310 e. The van der Waals surface area contributed by atoms with Crippen LogP contribution >= 0.6 is 0 Å². The van der Waals surface area contributed by atoms with Gasteiger partial charge in [0.05, 0.1) is 26.1 Å². The van der Waals surface area contributed by atoms with E-state index in [1.165, 1.54) is 21.1 Å². The molecule has 0 saturated heterocycles. The van der Waals surface area contributed by atoms with Crippen molar-refractivity contribution in [2.45, 2.75) is 19.8 Å². The second-order valence-electron chi connectivity index (χ2n) is 4.80. The van der Waals surface area contributed by atoms with Gasteiger partial charge in [-0.05, 0) is 31.0 Å². The van der Waals surface area contributed by atoms with Gasteiger partial charge in [-0.3, -0.25) is 9.59 Å². The molecule has 0 heterocycles. The number of ether oxygens (including phenoxy) is 2. The molecule has 6 heteroatoms. The van der Waals surface area contributed by atoms with Crippen molar-refractivity contribution in [2.24, 2.45) is 5.41 Å². The summed E-state index contributed by atoms with van der Waals surface area (Å²) in [4.78, 5) is 22.1. The fraction of sp³-hybridized carbons (Fsp3) is 0.429. The predicted molar refractivity (Wildman–Crippen MR) is 71.2 cm³/mol. The highest BCUT2D eigenvalue weighted by atomic mass is 16.5. The molecule has 0 bridgehead atoms. The summed E-state index contributed by atoms with van der Waals surface area (Å²) in [6.07, 6.45) is -0.355. The summed E-state index contributed by atoms with van der Waals surface area (Å²) in [5.41, 5.74) is -0.695. The zero-order chi connectivity index (χ0) is 15.3. The molecule has 0 saturated carbocycles. The Bertz CT molecular complexity index is 510. The van der Waals surface area contributed by atoms with Gasteiger partial charge >= 0.3 is 11.9 Å². The van der Waals surface area contributed by atoms with Gasteiger partial charge in [-0.25, -0.2) is 0 Å². The molecule has 0 aromatic heterocycles. The Labute approximate surface area is 116 Å². The Balaban J connectivity index is 3.06. The Morgan fingerprint density at radius 2 is 1.75 bits per heavy atom. The first kappa shape index (κ1) is 15.8. The molecule has 0 aliphatic carbocycles. The van der Waals surface area contributed by atoms with E-state index in [0.29, 0.717) is 17.1 Å². The first-order valence-electron chi connectivity index (χ1n) is 5.98. The van der Waals surface area contributed by atoms with Gasteiger partial charge in [0.25, 0.3) is 0 Å². The highest BCUT2D eigenvalue weighted by molar-refractivity contribution is 5.81. The molecule has 0 spiro atoms. The summed E-state index contributed by atoms with van der Waals surface area (Å²) in [5, 5.41) is 18.1. The third kappa shape index (κ3) is 3.63. The maximum absolute atomic E-state index is 11.3. The predicted octanol–water partition coefficient (Wildman–Crippen LogP) is 1.81. The standard InChI is InChI=1S/C14H18O6/c1-14(13(17)18,8-12(15)16)7-9-4-5-10(19-2)11(6-9)20-3/h4-6H,7-8H2,1-3H3,(H,15,16)(H,17,18)/t14-/m0/s1. The molecule has 0 aliphatic heterocycles. The zero-order valence-electron chi connectivity index (χ0n) is 11.7. The Morgan fingerprint density at radius 3 is 2.20 bits per heavy atom. The minimum absolute atomic E-state index is 0.0922. The fourth-order valence-corrected chi connectivity index (χ4v) is 1.99. The van der Waals surface area contributed by atoms with Crippen molar-refractivity contribution in [2.75, 3.05) is 14.2 Å². The second kappa shape index (κ2) is 6.27. The van der Waals surface area contributed by atoms with Crippen LogP contribution in [-0.2, 0) is 16.0 Å². The lowest BCUT2D eigenvalue weighted by molar-refractivity contribution is -0.154. The number of methoxy groups -OCH3 is 2. The van der Waals surface area contributed by atoms with E-state index in [0.717, 1.165) is 0 Å². The van der Waals surface area contributed by atoms with E-state index in [-0.39, 0.29) is 6.42 Å². The van der Waals surface area contributed by atoms with Gasteiger partial charge in [0, 0.05) is 0 Å². The molecule has 0 radical (unpaired) electrons. The van der Waals surface area contributed by atoms with Crippen LogP contribution in [0.25, 0.3) is 0 Å². The number of benzene rings is 1. The van der Waals surface area contributed by atoms with Crippen molar-refractivity contribution in [3.63, 3.8) is 0 Å². The zero-order valence-corrected chi connectivity index (χ0v) is 11.7. The molecule has 2 N–H and O–H groups in total. The molecular formula is C14H18O6. The average molecular weight is 282 g/mol. The first-order chi connectivity index (χ1) is 9.32. The maximum atomic E-state index is 11.3. The fourth-order valence-electron chi connectivity index (χ4n) is 1.99. The number of carboxylic acid groups (broad SMARTS) is 2. The molecule has 0 amide bonds. The summed E-state index contributed by atoms with van der Waals surface area (Å²) in [7, 11) is 2.98. The summed E-state index contributed by atoms with van der Waals surface area (Å²) in [5.74, 6) is -1.27. The van der Waals surface area contributed by atoms with E-state index in [2.05, 4.69) is 0 Å². The van der Waals surface area contributed by atoms with Crippen LogP contribution in [0.2, 0.25) is 0 Å². The minimum atomic E-state index is -1.37. The molecule has 0 fully saturated rings. The van der Waals surface area contributed by atoms with Crippen LogP contribution in [-0.4, -0.2) is 36.4 Å². The number of carbonyl (C=O) groups is 2. The molecule has 1 aromatic carbocycles. The first-order valence-corrected chi connectivity index (χ1v) is 5.98. The molecule has 20 heavy (non-hydrogen) atoms. The number of carboxylic acids is 2. The van der Waals surface area contributed by atoms with E-state index in [1.807, 2.05) is 0 Å². The van der Waals surface area contributed by atoms with Crippen LogP contribution in [0.1, 0.15) is 18.9 Å². The van der Waals surface area contributed by atoms with Crippen LogP contribution < -0.4 is 9.47 Å². The number of rotatable bonds is 7. The lowest BCUT2D eigenvalue weighted by Gasteiger charge is -2.23. The normalized spacial score (nSPS) is 13.3. The lowest BCUT2D eigenvalue weighted by atomic mass is 9.80. The Morgan fingerprint density at radius 1 is 1.15 bits per heavy atom. The van der Waals surface area contributed by atoms with Crippen molar-refractivity contribution >= 4 is 11.9 Å². The van der Waals surface area contributed by atoms with Crippen LogP contribution in [0.3, 0.4) is 0 Å². The quantitative estimate of drug-likeness (QED) is 0.792. The van der Waals surface area contributed by atoms with Crippen molar-refractivity contribution in [1.29, 1.82) is 0 Å². The van der Waals surface area contributed by atoms with Gasteiger partial charge in [0.2, 0.25) is 0 Å². The molecular weight excluding hydrogens is 264 g/mol.